The van der Waals surface area contributed by atoms with Gasteiger partial charge in [-0.15, -0.1) is 0 Å². The Morgan fingerprint density at radius 1 is 1.14 bits per heavy atom. The lowest BCUT2D eigenvalue weighted by atomic mass is 10.1. The Labute approximate surface area is 127 Å². The van der Waals surface area contributed by atoms with E-state index in [1.807, 2.05) is 30.5 Å². The standard InChI is InChI=1S/C18H24N2O/c1-3-14-21-18-9-7-16(8-10-18)15(2)19-13-11-17-6-4-5-12-20-17/h4-10,12,15,19H,3,11,13-14H2,1-2H3. The maximum Gasteiger partial charge on any atom is 0.119 e. The maximum absolute atomic E-state index is 5.60. The van der Waals surface area contributed by atoms with E-state index in [1.54, 1.807) is 0 Å². The summed E-state index contributed by atoms with van der Waals surface area (Å²) in [6.45, 7) is 5.99. The van der Waals surface area contributed by atoms with Gasteiger partial charge < -0.3 is 10.1 Å². The molecule has 1 aromatic carbocycles. The summed E-state index contributed by atoms with van der Waals surface area (Å²) in [6, 6.07) is 14.7. The van der Waals surface area contributed by atoms with Crippen LogP contribution >= 0.6 is 0 Å². The molecule has 0 spiro atoms. The van der Waals surface area contributed by atoms with Crippen molar-refractivity contribution >= 4 is 0 Å². The van der Waals surface area contributed by atoms with E-state index >= 15 is 0 Å². The fourth-order valence-corrected chi connectivity index (χ4v) is 2.15. The second-order valence-corrected chi connectivity index (χ2v) is 5.16. The highest BCUT2D eigenvalue weighted by atomic mass is 16.5. The minimum absolute atomic E-state index is 0.328. The van der Waals surface area contributed by atoms with Crippen molar-refractivity contribution in [2.75, 3.05) is 13.2 Å². The summed E-state index contributed by atoms with van der Waals surface area (Å²) >= 11 is 0. The minimum atomic E-state index is 0.328. The molecule has 1 aromatic heterocycles. The zero-order valence-electron chi connectivity index (χ0n) is 12.9. The molecule has 3 nitrogen and oxygen atoms in total. The summed E-state index contributed by atoms with van der Waals surface area (Å²) in [4.78, 5) is 4.33. The van der Waals surface area contributed by atoms with Crippen LogP contribution in [0.4, 0.5) is 0 Å². The molecule has 1 N–H and O–H groups in total. The first-order chi connectivity index (χ1) is 10.3. The molecule has 0 aliphatic carbocycles. The average Bonchev–Trinajstić information content (AvgIpc) is 2.54. The summed E-state index contributed by atoms with van der Waals surface area (Å²) in [6.07, 6.45) is 3.82. The van der Waals surface area contributed by atoms with Crippen LogP contribution in [0.25, 0.3) is 0 Å². The normalized spacial score (nSPS) is 12.1. The van der Waals surface area contributed by atoms with E-state index in [9.17, 15) is 0 Å². The van der Waals surface area contributed by atoms with Crippen LogP contribution in [-0.4, -0.2) is 18.1 Å². The van der Waals surface area contributed by atoms with Crippen molar-refractivity contribution in [1.82, 2.24) is 10.3 Å². The first kappa shape index (κ1) is 15.5. The molecular weight excluding hydrogens is 260 g/mol. The molecule has 112 valence electrons. The summed E-state index contributed by atoms with van der Waals surface area (Å²) in [5, 5.41) is 3.53. The third-order valence-corrected chi connectivity index (χ3v) is 3.41. The van der Waals surface area contributed by atoms with Crippen molar-refractivity contribution < 1.29 is 4.74 Å². The van der Waals surface area contributed by atoms with E-state index in [-0.39, 0.29) is 0 Å². The number of nitrogens with one attached hydrogen (secondary N) is 1. The summed E-state index contributed by atoms with van der Waals surface area (Å²) < 4.78 is 5.60. The fourth-order valence-electron chi connectivity index (χ4n) is 2.15. The van der Waals surface area contributed by atoms with Crippen LogP contribution in [0, 0.1) is 0 Å². The molecule has 0 saturated carbocycles. The van der Waals surface area contributed by atoms with Gasteiger partial charge in [-0.1, -0.05) is 25.1 Å². The van der Waals surface area contributed by atoms with Crippen molar-refractivity contribution in [3.05, 3.63) is 59.9 Å². The number of hydrogen-bond donors (Lipinski definition) is 1. The first-order valence-electron chi connectivity index (χ1n) is 7.65. The van der Waals surface area contributed by atoms with Crippen LogP contribution in [0.3, 0.4) is 0 Å². The highest BCUT2D eigenvalue weighted by Crippen LogP contribution is 2.17. The molecule has 2 aromatic rings. The molecule has 0 amide bonds. The second kappa shape index (κ2) is 8.42. The molecule has 21 heavy (non-hydrogen) atoms. The van der Waals surface area contributed by atoms with Crippen LogP contribution in [0.15, 0.2) is 48.7 Å². The van der Waals surface area contributed by atoms with Crippen LogP contribution in [0.5, 0.6) is 5.75 Å². The Morgan fingerprint density at radius 2 is 1.95 bits per heavy atom. The molecule has 1 atom stereocenters. The first-order valence-corrected chi connectivity index (χ1v) is 7.65. The minimum Gasteiger partial charge on any atom is -0.494 e. The van der Waals surface area contributed by atoms with Gasteiger partial charge in [0.05, 0.1) is 6.61 Å². The number of nitrogens with zero attached hydrogens (tertiary/aromatic N) is 1. The van der Waals surface area contributed by atoms with Crippen LogP contribution in [0.1, 0.15) is 37.6 Å². The molecule has 0 aliphatic rings. The van der Waals surface area contributed by atoms with E-state index in [2.05, 4.69) is 42.3 Å². The predicted molar refractivity (Wildman–Crippen MR) is 86.6 cm³/mol. The van der Waals surface area contributed by atoms with Gasteiger partial charge in [-0.25, -0.2) is 0 Å². The number of rotatable bonds is 8. The SMILES string of the molecule is CCCOc1ccc(C(C)NCCc2ccccn2)cc1. The zero-order valence-corrected chi connectivity index (χ0v) is 12.9. The van der Waals surface area contributed by atoms with Gasteiger partial charge in [0, 0.05) is 30.9 Å². The van der Waals surface area contributed by atoms with Crippen molar-refractivity contribution in [2.24, 2.45) is 0 Å². The molecule has 2 rings (SSSR count). The third kappa shape index (κ3) is 5.20. The van der Waals surface area contributed by atoms with E-state index in [0.717, 1.165) is 37.4 Å². The lowest BCUT2D eigenvalue weighted by Crippen LogP contribution is -2.21. The van der Waals surface area contributed by atoms with Crippen LogP contribution in [-0.2, 0) is 6.42 Å². The van der Waals surface area contributed by atoms with Gasteiger partial charge in [0.25, 0.3) is 0 Å². The van der Waals surface area contributed by atoms with Crippen molar-refractivity contribution in [1.29, 1.82) is 0 Å². The average molecular weight is 284 g/mol. The van der Waals surface area contributed by atoms with Crippen LogP contribution < -0.4 is 10.1 Å². The van der Waals surface area contributed by atoms with E-state index < -0.39 is 0 Å². The van der Waals surface area contributed by atoms with E-state index in [0.29, 0.717) is 6.04 Å². The number of hydrogen-bond acceptors (Lipinski definition) is 3. The topological polar surface area (TPSA) is 34.1 Å². The highest BCUT2D eigenvalue weighted by molar-refractivity contribution is 5.28. The van der Waals surface area contributed by atoms with Gasteiger partial charge in [0.15, 0.2) is 0 Å². The summed E-state index contributed by atoms with van der Waals surface area (Å²) in [5.74, 6) is 0.946. The Hall–Kier alpha value is -1.87. The van der Waals surface area contributed by atoms with Gasteiger partial charge >= 0.3 is 0 Å². The number of ether oxygens (including phenoxy) is 1. The molecule has 0 fully saturated rings. The quantitative estimate of drug-likeness (QED) is 0.801. The lowest BCUT2D eigenvalue weighted by Gasteiger charge is -2.15. The third-order valence-electron chi connectivity index (χ3n) is 3.41. The van der Waals surface area contributed by atoms with Crippen molar-refractivity contribution in [2.45, 2.75) is 32.7 Å². The van der Waals surface area contributed by atoms with Gasteiger partial charge in [0.1, 0.15) is 5.75 Å². The fraction of sp³-hybridized carbons (Fsp3) is 0.389. The van der Waals surface area contributed by atoms with Crippen molar-refractivity contribution in [3.8, 4) is 5.75 Å². The van der Waals surface area contributed by atoms with Crippen LogP contribution in [0.2, 0.25) is 0 Å². The molecule has 0 saturated heterocycles. The van der Waals surface area contributed by atoms with E-state index in [4.69, 9.17) is 4.74 Å². The number of benzene rings is 1. The van der Waals surface area contributed by atoms with Gasteiger partial charge in [-0.3, -0.25) is 4.98 Å². The number of pyridine rings is 1. The number of aromatic nitrogens is 1. The smallest absolute Gasteiger partial charge is 0.119 e. The highest BCUT2D eigenvalue weighted by Gasteiger charge is 2.05. The molecule has 0 radical (unpaired) electrons. The summed E-state index contributed by atoms with van der Waals surface area (Å²) in [5.41, 5.74) is 2.40. The molecule has 0 bridgehead atoms. The Morgan fingerprint density at radius 3 is 2.62 bits per heavy atom. The van der Waals surface area contributed by atoms with Gasteiger partial charge in [-0.05, 0) is 43.2 Å². The molecular formula is C18H24N2O. The Balaban J connectivity index is 1.78. The van der Waals surface area contributed by atoms with Gasteiger partial charge in [0.2, 0.25) is 0 Å². The maximum atomic E-state index is 5.60. The largest absolute Gasteiger partial charge is 0.494 e. The molecule has 3 heteroatoms. The lowest BCUT2D eigenvalue weighted by molar-refractivity contribution is 0.317. The zero-order chi connectivity index (χ0) is 14.9. The predicted octanol–water partition coefficient (Wildman–Crippen LogP) is 3.76. The molecule has 1 heterocycles. The Kier molecular flexibility index (Phi) is 6.22. The molecule has 0 aliphatic heterocycles. The van der Waals surface area contributed by atoms with Crippen molar-refractivity contribution in [3.63, 3.8) is 0 Å². The summed E-state index contributed by atoms with van der Waals surface area (Å²) in [7, 11) is 0. The monoisotopic (exact) mass is 284 g/mol. The Bertz CT molecular complexity index is 511. The van der Waals surface area contributed by atoms with Gasteiger partial charge in [-0.2, -0.15) is 0 Å². The molecule has 1 unspecified atom stereocenters. The second-order valence-electron chi connectivity index (χ2n) is 5.16. The van der Waals surface area contributed by atoms with E-state index in [1.165, 1.54) is 5.56 Å².